The van der Waals surface area contributed by atoms with E-state index in [0.717, 1.165) is 22.3 Å². The second-order valence-corrected chi connectivity index (χ2v) is 8.47. The molecule has 0 bridgehead atoms. The van der Waals surface area contributed by atoms with Gasteiger partial charge in [0.2, 0.25) is 5.82 Å². The molecule has 10 nitrogen and oxygen atoms in total. The number of aromatic amines is 1. The Morgan fingerprint density at radius 3 is 2.38 bits per heavy atom. The zero-order valence-electron chi connectivity index (χ0n) is 19.4. The maximum atomic E-state index is 11.9. The molecule has 4 aromatic rings. The quantitative estimate of drug-likeness (QED) is 0.362. The van der Waals surface area contributed by atoms with Crippen LogP contribution in [0.1, 0.15) is 54.4 Å². The third-order valence-corrected chi connectivity index (χ3v) is 5.62. The zero-order chi connectivity index (χ0) is 24.5. The number of aliphatic hydroxyl groups is 1. The summed E-state index contributed by atoms with van der Waals surface area (Å²) in [6.45, 7) is 5.20. The predicted octanol–water partition coefficient (Wildman–Crippen LogP) is 3.41. The van der Waals surface area contributed by atoms with Crippen molar-refractivity contribution in [3.63, 3.8) is 0 Å². The molecule has 10 heteroatoms. The Labute approximate surface area is 196 Å². The summed E-state index contributed by atoms with van der Waals surface area (Å²) in [6, 6.07) is 15.6. The number of nitrogens with zero attached hydrogens (tertiary/aromatic N) is 5. The molecule has 0 aliphatic carbocycles. The fourth-order valence-corrected chi connectivity index (χ4v) is 3.99. The highest BCUT2D eigenvalue weighted by atomic mass is 16.5. The van der Waals surface area contributed by atoms with Crippen LogP contribution in [0.3, 0.4) is 0 Å². The van der Waals surface area contributed by atoms with Gasteiger partial charge in [-0.05, 0) is 42.7 Å². The third kappa shape index (κ3) is 4.45. The molecule has 0 saturated heterocycles. The Hall–Kier alpha value is -3.89. The molecule has 0 saturated carbocycles. The minimum atomic E-state index is -1.42. The number of H-pyrrole nitrogens is 1. The van der Waals surface area contributed by atoms with Gasteiger partial charge in [-0.3, -0.25) is 0 Å². The van der Waals surface area contributed by atoms with E-state index in [2.05, 4.69) is 25.6 Å². The normalized spacial score (nSPS) is 12.6. The van der Waals surface area contributed by atoms with Crippen molar-refractivity contribution in [1.29, 1.82) is 0 Å². The second-order valence-electron chi connectivity index (χ2n) is 8.47. The van der Waals surface area contributed by atoms with Crippen molar-refractivity contribution >= 4 is 5.97 Å². The Kier molecular flexibility index (Phi) is 6.27. The van der Waals surface area contributed by atoms with Crippen LogP contribution in [-0.4, -0.2) is 53.5 Å². The number of aromatic carboxylic acids is 1. The van der Waals surface area contributed by atoms with E-state index in [4.69, 9.17) is 4.74 Å². The first-order chi connectivity index (χ1) is 16.2. The van der Waals surface area contributed by atoms with Gasteiger partial charge in [-0.15, -0.1) is 10.2 Å². The Balaban J connectivity index is 1.74. The molecule has 0 aliphatic heterocycles. The van der Waals surface area contributed by atoms with E-state index in [1.54, 1.807) is 25.3 Å². The zero-order valence-corrected chi connectivity index (χ0v) is 19.4. The van der Waals surface area contributed by atoms with Gasteiger partial charge in [-0.1, -0.05) is 48.5 Å². The third-order valence-electron chi connectivity index (χ3n) is 5.62. The van der Waals surface area contributed by atoms with Crippen molar-refractivity contribution < 1.29 is 19.7 Å². The minimum Gasteiger partial charge on any atom is -0.476 e. The maximum Gasteiger partial charge on any atom is 0.356 e. The van der Waals surface area contributed by atoms with Crippen molar-refractivity contribution in [3.8, 4) is 22.5 Å². The van der Waals surface area contributed by atoms with E-state index in [9.17, 15) is 15.0 Å². The number of carboxylic acids is 1. The number of carboxylic acid groups (broad SMARTS) is 1. The van der Waals surface area contributed by atoms with Gasteiger partial charge < -0.3 is 19.5 Å². The average Bonchev–Trinajstić information content (AvgIpc) is 3.47. The molecule has 176 valence electrons. The number of carbonyl (C=O) groups is 1. The summed E-state index contributed by atoms with van der Waals surface area (Å²) in [7, 11) is 1.53. The highest BCUT2D eigenvalue weighted by molar-refractivity contribution is 5.87. The second kappa shape index (κ2) is 9.16. The monoisotopic (exact) mass is 462 g/mol. The number of ether oxygens (including phenoxy) is 1. The van der Waals surface area contributed by atoms with E-state index in [1.165, 1.54) is 7.11 Å². The van der Waals surface area contributed by atoms with Gasteiger partial charge >= 0.3 is 5.97 Å². The number of hydrogen-bond acceptors (Lipinski definition) is 7. The largest absolute Gasteiger partial charge is 0.476 e. The van der Waals surface area contributed by atoms with Crippen molar-refractivity contribution in [1.82, 2.24) is 30.2 Å². The highest BCUT2D eigenvalue weighted by Gasteiger charge is 2.33. The summed E-state index contributed by atoms with van der Waals surface area (Å²) >= 11 is 0. The molecule has 34 heavy (non-hydrogen) atoms. The van der Waals surface area contributed by atoms with Gasteiger partial charge in [0.15, 0.2) is 5.69 Å². The van der Waals surface area contributed by atoms with Gasteiger partial charge in [0.05, 0.1) is 5.69 Å². The van der Waals surface area contributed by atoms with Crippen molar-refractivity contribution in [2.75, 3.05) is 7.11 Å². The number of rotatable bonds is 8. The fourth-order valence-electron chi connectivity index (χ4n) is 3.99. The van der Waals surface area contributed by atoms with Crippen LogP contribution in [0.25, 0.3) is 22.5 Å². The molecule has 2 heterocycles. The molecule has 3 N–H and O–H groups in total. The summed E-state index contributed by atoms with van der Waals surface area (Å²) in [5.74, 6) is -0.260. The van der Waals surface area contributed by atoms with Crippen molar-refractivity contribution in [2.24, 2.45) is 0 Å². The number of tetrazole rings is 1. The van der Waals surface area contributed by atoms with Crippen LogP contribution in [0.15, 0.2) is 48.5 Å². The smallest absolute Gasteiger partial charge is 0.356 e. The summed E-state index contributed by atoms with van der Waals surface area (Å²) in [5, 5.41) is 34.8. The topological polar surface area (TPSA) is 139 Å². The van der Waals surface area contributed by atoms with Crippen molar-refractivity contribution in [3.05, 3.63) is 71.3 Å². The SMILES string of the molecule is COC(C)c1nc(C(=O)O)c(C(C)(C)O)n1Cc1ccc(-c2ccccc2-c2nn[nH]n2)cc1. The lowest BCUT2D eigenvalue weighted by Crippen LogP contribution is -2.25. The number of benzene rings is 2. The summed E-state index contributed by atoms with van der Waals surface area (Å²) in [4.78, 5) is 16.2. The molecule has 1 atom stereocenters. The van der Waals surface area contributed by atoms with Crippen LogP contribution >= 0.6 is 0 Å². The lowest BCUT2D eigenvalue weighted by Gasteiger charge is -2.23. The van der Waals surface area contributed by atoms with Gasteiger partial charge in [0.1, 0.15) is 17.5 Å². The number of aromatic nitrogens is 6. The lowest BCUT2D eigenvalue weighted by molar-refractivity contribution is 0.0581. The predicted molar refractivity (Wildman–Crippen MR) is 124 cm³/mol. The Morgan fingerprint density at radius 2 is 1.82 bits per heavy atom. The van der Waals surface area contributed by atoms with E-state index in [0.29, 0.717) is 18.2 Å². The molecule has 0 spiro atoms. The van der Waals surface area contributed by atoms with Gasteiger partial charge in [-0.2, -0.15) is 5.21 Å². The molecule has 0 aliphatic rings. The summed E-state index contributed by atoms with van der Waals surface area (Å²) < 4.78 is 7.15. The summed E-state index contributed by atoms with van der Waals surface area (Å²) in [6.07, 6.45) is -0.463. The van der Waals surface area contributed by atoms with Gasteiger partial charge in [-0.25, -0.2) is 9.78 Å². The van der Waals surface area contributed by atoms with Crippen LogP contribution in [0.4, 0.5) is 0 Å². The van der Waals surface area contributed by atoms with E-state index in [-0.39, 0.29) is 11.4 Å². The highest BCUT2D eigenvalue weighted by Crippen LogP contribution is 2.32. The molecule has 0 amide bonds. The fraction of sp³-hybridized carbons (Fsp3) is 0.292. The molecular formula is C24H26N6O4. The van der Waals surface area contributed by atoms with Crippen molar-refractivity contribution in [2.45, 2.75) is 39.0 Å². The number of imidazole rings is 1. The van der Waals surface area contributed by atoms with E-state index >= 15 is 0 Å². The summed E-state index contributed by atoms with van der Waals surface area (Å²) in [5.41, 5.74) is 2.31. The van der Waals surface area contributed by atoms with E-state index < -0.39 is 17.7 Å². The first-order valence-electron chi connectivity index (χ1n) is 10.7. The molecule has 0 radical (unpaired) electrons. The standard InChI is InChI=1S/C24H26N6O4/c1-14(34-4)22-25-19(23(31)32)20(24(2,3)33)30(22)13-15-9-11-16(12-10-15)17-7-5-6-8-18(17)21-26-28-29-27-21/h5-12,14,33H,13H2,1-4H3,(H,31,32)(H,26,27,28,29). The molecule has 4 rings (SSSR count). The minimum absolute atomic E-state index is 0.183. The van der Waals surface area contributed by atoms with Crippen LogP contribution in [0.5, 0.6) is 0 Å². The number of methoxy groups -OCH3 is 1. The van der Waals surface area contributed by atoms with Crippen LogP contribution in [0, 0.1) is 0 Å². The average molecular weight is 463 g/mol. The lowest BCUT2D eigenvalue weighted by atomic mass is 9.98. The Morgan fingerprint density at radius 1 is 1.15 bits per heavy atom. The molecule has 0 fully saturated rings. The van der Waals surface area contributed by atoms with Crippen LogP contribution < -0.4 is 0 Å². The first kappa shape index (κ1) is 23.3. The molecule has 1 unspecified atom stereocenters. The van der Waals surface area contributed by atoms with Gasteiger partial charge in [0.25, 0.3) is 0 Å². The number of hydrogen-bond donors (Lipinski definition) is 3. The van der Waals surface area contributed by atoms with E-state index in [1.807, 2.05) is 48.5 Å². The molecular weight excluding hydrogens is 436 g/mol. The maximum absolute atomic E-state index is 11.9. The molecule has 2 aromatic heterocycles. The number of nitrogens with one attached hydrogen (secondary N) is 1. The van der Waals surface area contributed by atoms with Crippen LogP contribution in [0.2, 0.25) is 0 Å². The first-order valence-corrected chi connectivity index (χ1v) is 10.7. The molecule has 2 aromatic carbocycles. The Bertz CT molecular complexity index is 1290. The van der Waals surface area contributed by atoms with Gasteiger partial charge in [0, 0.05) is 19.2 Å². The van der Waals surface area contributed by atoms with Crippen LogP contribution in [-0.2, 0) is 16.9 Å².